The predicted octanol–water partition coefficient (Wildman–Crippen LogP) is 0.623. The fraction of sp³-hybridized carbons (Fsp3) is 0.778. The topological polar surface area (TPSA) is 66.4 Å². The lowest BCUT2D eigenvalue weighted by atomic mass is 9.83. The maximum atomic E-state index is 11.0. The van der Waals surface area contributed by atoms with Crippen LogP contribution in [0.2, 0.25) is 0 Å². The molecule has 13 heavy (non-hydrogen) atoms. The van der Waals surface area contributed by atoms with Gasteiger partial charge in [-0.1, -0.05) is 6.92 Å². The molecule has 0 bridgehead atoms. The van der Waals surface area contributed by atoms with Crippen molar-refractivity contribution in [3.05, 3.63) is 0 Å². The Kier molecular flexibility index (Phi) is 3.28. The van der Waals surface area contributed by atoms with Crippen LogP contribution < -0.4 is 5.32 Å². The summed E-state index contributed by atoms with van der Waals surface area (Å²) in [5, 5.41) is 11.6. The van der Waals surface area contributed by atoms with Crippen molar-refractivity contribution in [3.8, 4) is 0 Å². The zero-order chi connectivity index (χ0) is 9.84. The number of hydrogen-bond donors (Lipinski definition) is 2. The van der Waals surface area contributed by atoms with Crippen LogP contribution in [0.4, 0.5) is 0 Å². The van der Waals surface area contributed by atoms with Gasteiger partial charge >= 0.3 is 5.97 Å². The van der Waals surface area contributed by atoms with E-state index in [9.17, 15) is 9.59 Å². The highest BCUT2D eigenvalue weighted by molar-refractivity contribution is 5.78. The van der Waals surface area contributed by atoms with Gasteiger partial charge in [-0.25, -0.2) is 0 Å². The first kappa shape index (κ1) is 10.0. The van der Waals surface area contributed by atoms with Gasteiger partial charge in [-0.3, -0.25) is 9.59 Å². The minimum absolute atomic E-state index is 0.0176. The van der Waals surface area contributed by atoms with E-state index in [2.05, 4.69) is 5.32 Å². The summed E-state index contributed by atoms with van der Waals surface area (Å²) >= 11 is 0. The van der Waals surface area contributed by atoms with Crippen LogP contribution in [0.5, 0.6) is 0 Å². The molecule has 0 saturated carbocycles. The lowest BCUT2D eigenvalue weighted by molar-refractivity contribution is -0.144. The number of carbonyl (C=O) groups excluding carboxylic acids is 1. The molecule has 1 aliphatic rings. The second-order valence-corrected chi connectivity index (χ2v) is 3.46. The average molecular weight is 185 g/mol. The molecule has 2 unspecified atom stereocenters. The first-order valence-corrected chi connectivity index (χ1v) is 4.64. The molecule has 2 N–H and O–H groups in total. The van der Waals surface area contributed by atoms with Crippen molar-refractivity contribution in [3.63, 3.8) is 0 Å². The SMILES string of the molecule is CCC(C(=O)O)C1CCNC(=O)C1. The average Bonchev–Trinajstić information content (AvgIpc) is 2.04. The molecule has 1 fully saturated rings. The quantitative estimate of drug-likeness (QED) is 0.677. The summed E-state index contributed by atoms with van der Waals surface area (Å²) in [5.41, 5.74) is 0. The molecule has 1 aliphatic heterocycles. The van der Waals surface area contributed by atoms with Crippen LogP contribution in [0.25, 0.3) is 0 Å². The fourth-order valence-corrected chi connectivity index (χ4v) is 1.86. The molecule has 0 aliphatic carbocycles. The number of hydrogen-bond acceptors (Lipinski definition) is 2. The van der Waals surface area contributed by atoms with Crippen LogP contribution in [-0.4, -0.2) is 23.5 Å². The van der Waals surface area contributed by atoms with Crippen LogP contribution in [0.1, 0.15) is 26.2 Å². The van der Waals surface area contributed by atoms with Crippen molar-refractivity contribution in [2.24, 2.45) is 11.8 Å². The van der Waals surface area contributed by atoms with Gasteiger partial charge in [0, 0.05) is 13.0 Å². The number of nitrogens with one attached hydrogen (secondary N) is 1. The van der Waals surface area contributed by atoms with E-state index in [1.54, 1.807) is 0 Å². The molecule has 4 heteroatoms. The third-order valence-corrected chi connectivity index (χ3v) is 2.61. The smallest absolute Gasteiger partial charge is 0.306 e. The third kappa shape index (κ3) is 2.44. The van der Waals surface area contributed by atoms with Crippen LogP contribution in [0.3, 0.4) is 0 Å². The number of amides is 1. The molecule has 0 spiro atoms. The number of aliphatic carboxylic acids is 1. The molecule has 4 nitrogen and oxygen atoms in total. The van der Waals surface area contributed by atoms with E-state index in [0.29, 0.717) is 19.4 Å². The van der Waals surface area contributed by atoms with Gasteiger partial charge in [0.1, 0.15) is 0 Å². The van der Waals surface area contributed by atoms with E-state index >= 15 is 0 Å². The number of carboxylic acid groups (broad SMARTS) is 1. The summed E-state index contributed by atoms with van der Waals surface area (Å²) in [7, 11) is 0. The van der Waals surface area contributed by atoms with Crippen molar-refractivity contribution < 1.29 is 14.7 Å². The van der Waals surface area contributed by atoms with Crippen molar-refractivity contribution >= 4 is 11.9 Å². The Balaban J connectivity index is 2.57. The minimum atomic E-state index is -0.776. The lowest BCUT2D eigenvalue weighted by Crippen LogP contribution is -2.38. The van der Waals surface area contributed by atoms with E-state index in [1.165, 1.54) is 0 Å². The Morgan fingerprint density at radius 2 is 2.46 bits per heavy atom. The van der Waals surface area contributed by atoms with Gasteiger partial charge < -0.3 is 10.4 Å². The van der Waals surface area contributed by atoms with Crippen molar-refractivity contribution in [2.75, 3.05) is 6.54 Å². The zero-order valence-electron chi connectivity index (χ0n) is 7.75. The van der Waals surface area contributed by atoms with Gasteiger partial charge in [-0.15, -0.1) is 0 Å². The minimum Gasteiger partial charge on any atom is -0.481 e. The van der Waals surface area contributed by atoms with Gasteiger partial charge in [-0.2, -0.15) is 0 Å². The summed E-state index contributed by atoms with van der Waals surface area (Å²) < 4.78 is 0. The molecule has 1 heterocycles. The standard InChI is InChI=1S/C9H15NO3/c1-2-7(9(12)13)6-3-4-10-8(11)5-6/h6-7H,2-5H2,1H3,(H,10,11)(H,12,13). The Hall–Kier alpha value is -1.06. The van der Waals surface area contributed by atoms with Crippen LogP contribution in [0, 0.1) is 11.8 Å². The monoisotopic (exact) mass is 185 g/mol. The fourth-order valence-electron chi connectivity index (χ4n) is 1.86. The van der Waals surface area contributed by atoms with Crippen LogP contribution in [0.15, 0.2) is 0 Å². The highest BCUT2D eigenvalue weighted by atomic mass is 16.4. The van der Waals surface area contributed by atoms with Gasteiger partial charge in [0.05, 0.1) is 5.92 Å². The van der Waals surface area contributed by atoms with Crippen molar-refractivity contribution in [1.82, 2.24) is 5.32 Å². The summed E-state index contributed by atoms with van der Waals surface area (Å²) in [6.45, 7) is 2.47. The van der Waals surface area contributed by atoms with Crippen molar-refractivity contribution in [1.29, 1.82) is 0 Å². The van der Waals surface area contributed by atoms with Gasteiger partial charge in [-0.05, 0) is 18.8 Å². The van der Waals surface area contributed by atoms with E-state index in [1.807, 2.05) is 6.92 Å². The normalized spacial score (nSPS) is 25.0. The maximum Gasteiger partial charge on any atom is 0.306 e. The van der Waals surface area contributed by atoms with Gasteiger partial charge in [0.15, 0.2) is 0 Å². The summed E-state index contributed by atoms with van der Waals surface area (Å²) in [5.74, 6) is -1.12. The summed E-state index contributed by atoms with van der Waals surface area (Å²) in [6, 6.07) is 0. The molecule has 0 radical (unpaired) electrons. The molecular weight excluding hydrogens is 170 g/mol. The number of carbonyl (C=O) groups is 2. The predicted molar refractivity (Wildman–Crippen MR) is 47.2 cm³/mol. The van der Waals surface area contributed by atoms with Crippen LogP contribution in [-0.2, 0) is 9.59 Å². The summed E-state index contributed by atoms with van der Waals surface area (Å²) in [4.78, 5) is 21.8. The Labute approximate surface area is 77.3 Å². The highest BCUT2D eigenvalue weighted by Gasteiger charge is 2.30. The third-order valence-electron chi connectivity index (χ3n) is 2.61. The van der Waals surface area contributed by atoms with Crippen molar-refractivity contribution in [2.45, 2.75) is 26.2 Å². The Morgan fingerprint density at radius 1 is 1.77 bits per heavy atom. The molecule has 0 aromatic carbocycles. The molecule has 74 valence electrons. The molecule has 0 aromatic rings. The molecule has 0 aromatic heterocycles. The molecule has 1 saturated heterocycles. The van der Waals surface area contributed by atoms with E-state index < -0.39 is 5.97 Å². The van der Waals surface area contributed by atoms with E-state index in [-0.39, 0.29) is 17.7 Å². The molecule has 1 rings (SSSR count). The first-order chi connectivity index (χ1) is 6.15. The number of carboxylic acids is 1. The van der Waals surface area contributed by atoms with E-state index in [4.69, 9.17) is 5.11 Å². The lowest BCUT2D eigenvalue weighted by Gasteiger charge is -2.26. The Morgan fingerprint density at radius 3 is 2.92 bits per heavy atom. The molecular formula is C9H15NO3. The van der Waals surface area contributed by atoms with Crippen LogP contribution >= 0.6 is 0 Å². The largest absolute Gasteiger partial charge is 0.481 e. The second-order valence-electron chi connectivity index (χ2n) is 3.46. The van der Waals surface area contributed by atoms with Gasteiger partial charge in [0.2, 0.25) is 5.91 Å². The first-order valence-electron chi connectivity index (χ1n) is 4.64. The Bertz CT molecular complexity index is 215. The van der Waals surface area contributed by atoms with E-state index in [0.717, 1.165) is 6.42 Å². The highest BCUT2D eigenvalue weighted by Crippen LogP contribution is 2.25. The number of rotatable bonds is 3. The molecule has 1 amide bonds. The second kappa shape index (κ2) is 4.25. The van der Waals surface area contributed by atoms with Gasteiger partial charge in [0.25, 0.3) is 0 Å². The zero-order valence-corrected chi connectivity index (χ0v) is 7.75. The molecule has 2 atom stereocenters. The maximum absolute atomic E-state index is 11.0. The number of piperidine rings is 1. The summed E-state index contributed by atoms with van der Waals surface area (Å²) in [6.07, 6.45) is 1.76.